The first-order valence-corrected chi connectivity index (χ1v) is 6.84. The molecular weight excluding hydrogens is 225 g/mol. The van der Waals surface area contributed by atoms with Crippen LogP contribution in [0.2, 0.25) is 0 Å². The smallest absolute Gasteiger partial charge is 0.146 e. The molecule has 1 aromatic rings. The number of anilines is 1. The molecule has 0 saturated heterocycles. The van der Waals surface area contributed by atoms with Crippen LogP contribution >= 0.6 is 0 Å². The first-order chi connectivity index (χ1) is 8.63. The molecule has 4 unspecified atom stereocenters. The first-order valence-electron chi connectivity index (χ1n) is 6.84. The zero-order valence-electron chi connectivity index (χ0n) is 11.0. The van der Waals surface area contributed by atoms with Crippen LogP contribution in [0.3, 0.4) is 0 Å². The highest BCUT2D eigenvalue weighted by atomic mass is 19.1. The molecule has 2 heteroatoms. The predicted octanol–water partition coefficient (Wildman–Crippen LogP) is 4.15. The third kappa shape index (κ3) is 2.05. The highest BCUT2D eigenvalue weighted by molar-refractivity contribution is 5.48. The molecule has 1 N–H and O–H groups in total. The second-order valence-electron chi connectivity index (χ2n) is 5.86. The minimum Gasteiger partial charge on any atom is -0.380 e. The third-order valence-corrected chi connectivity index (χ3v) is 4.48. The summed E-state index contributed by atoms with van der Waals surface area (Å²) in [6.45, 7) is 4.18. The van der Waals surface area contributed by atoms with E-state index in [4.69, 9.17) is 0 Å². The third-order valence-electron chi connectivity index (χ3n) is 4.48. The van der Waals surface area contributed by atoms with Crippen molar-refractivity contribution in [3.8, 4) is 0 Å². The second kappa shape index (κ2) is 4.42. The predicted molar refractivity (Wildman–Crippen MR) is 73.1 cm³/mol. The Labute approximate surface area is 108 Å². The van der Waals surface area contributed by atoms with Gasteiger partial charge in [0.05, 0.1) is 5.69 Å². The molecule has 0 aliphatic heterocycles. The highest BCUT2D eigenvalue weighted by Crippen LogP contribution is 2.45. The molecule has 1 saturated carbocycles. The van der Waals surface area contributed by atoms with E-state index in [1.165, 1.54) is 12.8 Å². The average Bonchev–Trinajstić information content (AvgIpc) is 2.96. The number of rotatable bonds is 3. The summed E-state index contributed by atoms with van der Waals surface area (Å²) in [5, 5.41) is 3.37. The number of fused-ring (bicyclic) bond motifs is 2. The van der Waals surface area contributed by atoms with Crippen molar-refractivity contribution in [3.63, 3.8) is 0 Å². The normalized spacial score (nSPS) is 30.7. The summed E-state index contributed by atoms with van der Waals surface area (Å²) in [5.74, 6) is 1.98. The first kappa shape index (κ1) is 11.8. The van der Waals surface area contributed by atoms with Gasteiger partial charge in [-0.3, -0.25) is 0 Å². The molecule has 1 fully saturated rings. The molecule has 1 aromatic carbocycles. The largest absolute Gasteiger partial charge is 0.380 e. The lowest BCUT2D eigenvalue weighted by molar-refractivity contribution is 0.398. The maximum Gasteiger partial charge on any atom is 0.146 e. The van der Waals surface area contributed by atoms with Crippen LogP contribution in [0, 0.1) is 30.5 Å². The minimum atomic E-state index is -0.147. The number of allylic oxidation sites excluding steroid dienone is 2. The van der Waals surface area contributed by atoms with Gasteiger partial charge in [0.1, 0.15) is 5.82 Å². The Kier molecular flexibility index (Phi) is 2.89. The van der Waals surface area contributed by atoms with Crippen LogP contribution in [-0.2, 0) is 0 Å². The minimum absolute atomic E-state index is 0.147. The monoisotopic (exact) mass is 245 g/mol. The van der Waals surface area contributed by atoms with Crippen LogP contribution < -0.4 is 5.32 Å². The summed E-state index contributed by atoms with van der Waals surface area (Å²) in [7, 11) is 0. The fraction of sp³-hybridized carbons (Fsp3) is 0.500. The molecule has 0 heterocycles. The molecule has 3 rings (SSSR count). The SMILES string of the molecule is Cc1ccc(F)c(NC(C)C2CC3C=CC2C3)c1. The van der Waals surface area contributed by atoms with Crippen molar-refractivity contribution >= 4 is 5.69 Å². The van der Waals surface area contributed by atoms with Gasteiger partial charge in [0.15, 0.2) is 0 Å². The maximum absolute atomic E-state index is 13.7. The van der Waals surface area contributed by atoms with Crippen molar-refractivity contribution in [2.24, 2.45) is 17.8 Å². The van der Waals surface area contributed by atoms with E-state index in [0.717, 1.165) is 11.5 Å². The Morgan fingerprint density at radius 2 is 2.11 bits per heavy atom. The molecule has 0 amide bonds. The molecule has 1 nitrogen and oxygen atoms in total. The number of hydrogen-bond donors (Lipinski definition) is 1. The van der Waals surface area contributed by atoms with Gasteiger partial charge in [-0.15, -0.1) is 0 Å². The lowest BCUT2D eigenvalue weighted by Gasteiger charge is -2.27. The molecule has 96 valence electrons. The zero-order chi connectivity index (χ0) is 12.7. The topological polar surface area (TPSA) is 12.0 Å². The molecule has 2 aliphatic carbocycles. The zero-order valence-corrected chi connectivity index (χ0v) is 11.0. The van der Waals surface area contributed by atoms with Crippen molar-refractivity contribution in [1.82, 2.24) is 0 Å². The van der Waals surface area contributed by atoms with Crippen LogP contribution in [0.4, 0.5) is 10.1 Å². The number of aryl methyl sites for hydroxylation is 1. The van der Waals surface area contributed by atoms with Gasteiger partial charge in [0.2, 0.25) is 0 Å². The Bertz CT molecular complexity index is 480. The molecule has 0 radical (unpaired) electrons. The summed E-state index contributed by atoms with van der Waals surface area (Å²) in [6, 6.07) is 5.59. The maximum atomic E-state index is 13.7. The van der Waals surface area contributed by atoms with Gasteiger partial charge in [0.25, 0.3) is 0 Å². The highest BCUT2D eigenvalue weighted by Gasteiger charge is 2.38. The Morgan fingerprint density at radius 1 is 1.28 bits per heavy atom. The van der Waals surface area contributed by atoms with Crippen molar-refractivity contribution in [2.45, 2.75) is 32.7 Å². The summed E-state index contributed by atoms with van der Waals surface area (Å²) in [5.41, 5.74) is 1.74. The van der Waals surface area contributed by atoms with Crippen LogP contribution in [0.5, 0.6) is 0 Å². The summed E-state index contributed by atoms with van der Waals surface area (Å²) in [4.78, 5) is 0. The van der Waals surface area contributed by atoms with Gasteiger partial charge in [0, 0.05) is 6.04 Å². The van der Waals surface area contributed by atoms with E-state index in [1.807, 2.05) is 19.1 Å². The molecule has 0 spiro atoms. The molecular formula is C16H20FN. The van der Waals surface area contributed by atoms with Crippen LogP contribution in [0.1, 0.15) is 25.3 Å². The van der Waals surface area contributed by atoms with Crippen LogP contribution in [-0.4, -0.2) is 6.04 Å². The number of hydrogen-bond acceptors (Lipinski definition) is 1. The van der Waals surface area contributed by atoms with E-state index in [9.17, 15) is 4.39 Å². The van der Waals surface area contributed by atoms with E-state index < -0.39 is 0 Å². The number of benzene rings is 1. The van der Waals surface area contributed by atoms with E-state index in [2.05, 4.69) is 24.4 Å². The van der Waals surface area contributed by atoms with Crippen molar-refractivity contribution < 1.29 is 4.39 Å². The Morgan fingerprint density at radius 3 is 2.78 bits per heavy atom. The van der Waals surface area contributed by atoms with Gasteiger partial charge in [-0.25, -0.2) is 4.39 Å². The van der Waals surface area contributed by atoms with Gasteiger partial charge in [-0.2, -0.15) is 0 Å². The van der Waals surface area contributed by atoms with Crippen molar-refractivity contribution in [2.75, 3.05) is 5.32 Å². The molecule has 2 bridgehead atoms. The van der Waals surface area contributed by atoms with E-state index in [0.29, 0.717) is 23.6 Å². The van der Waals surface area contributed by atoms with Gasteiger partial charge >= 0.3 is 0 Å². The van der Waals surface area contributed by atoms with E-state index >= 15 is 0 Å². The van der Waals surface area contributed by atoms with Crippen LogP contribution in [0.15, 0.2) is 30.4 Å². The van der Waals surface area contributed by atoms with Crippen molar-refractivity contribution in [3.05, 3.63) is 41.7 Å². The van der Waals surface area contributed by atoms with Gasteiger partial charge in [-0.05, 0) is 62.1 Å². The van der Waals surface area contributed by atoms with Crippen LogP contribution in [0.25, 0.3) is 0 Å². The van der Waals surface area contributed by atoms with E-state index in [1.54, 1.807) is 6.07 Å². The Hall–Kier alpha value is -1.31. The van der Waals surface area contributed by atoms with E-state index in [-0.39, 0.29) is 5.82 Å². The second-order valence-corrected chi connectivity index (χ2v) is 5.86. The fourth-order valence-corrected chi connectivity index (χ4v) is 3.50. The lowest BCUT2D eigenvalue weighted by atomic mass is 9.87. The molecule has 0 aromatic heterocycles. The number of nitrogens with one attached hydrogen (secondary N) is 1. The fourth-order valence-electron chi connectivity index (χ4n) is 3.50. The standard InChI is InChI=1S/C16H20FN/c1-10-3-6-15(17)16(7-10)18-11(2)14-9-12-4-5-13(14)8-12/h3-7,11-14,18H,8-9H2,1-2H3. The van der Waals surface area contributed by atoms with Gasteiger partial charge in [-0.1, -0.05) is 18.2 Å². The molecule has 18 heavy (non-hydrogen) atoms. The lowest BCUT2D eigenvalue weighted by Crippen LogP contribution is -2.29. The molecule has 2 aliphatic rings. The summed E-state index contributed by atoms with van der Waals surface area (Å²) < 4.78 is 13.7. The van der Waals surface area contributed by atoms with Crippen molar-refractivity contribution in [1.29, 1.82) is 0 Å². The number of halogens is 1. The summed E-state index contributed by atoms with van der Waals surface area (Å²) >= 11 is 0. The van der Waals surface area contributed by atoms with Gasteiger partial charge < -0.3 is 5.32 Å². The average molecular weight is 245 g/mol. The summed E-state index contributed by atoms with van der Waals surface area (Å²) in [6.07, 6.45) is 7.25. The quantitative estimate of drug-likeness (QED) is 0.789. The molecule has 4 atom stereocenters. The Balaban J connectivity index is 1.72.